The lowest BCUT2D eigenvalue weighted by Crippen LogP contribution is -2.67. The Labute approximate surface area is 221 Å². The van der Waals surface area contributed by atoms with Crippen molar-refractivity contribution in [2.24, 2.45) is 11.3 Å². The number of nitrogens with zero attached hydrogens (tertiary/aromatic N) is 4. The van der Waals surface area contributed by atoms with Crippen molar-refractivity contribution in [2.45, 2.75) is 25.3 Å². The summed E-state index contributed by atoms with van der Waals surface area (Å²) in [7, 11) is 3.33. The van der Waals surface area contributed by atoms with Gasteiger partial charge < -0.3 is 9.47 Å². The van der Waals surface area contributed by atoms with Crippen molar-refractivity contribution in [1.82, 2.24) is 19.3 Å². The zero-order valence-electron chi connectivity index (χ0n) is 21.1. The van der Waals surface area contributed by atoms with Gasteiger partial charge in [-0.2, -0.15) is 0 Å². The van der Waals surface area contributed by atoms with Gasteiger partial charge in [0.1, 0.15) is 5.41 Å². The van der Waals surface area contributed by atoms with Crippen LogP contribution in [0.2, 0.25) is 0 Å². The summed E-state index contributed by atoms with van der Waals surface area (Å²) in [6.07, 6.45) is 1.31. The van der Waals surface area contributed by atoms with E-state index in [1.807, 2.05) is 47.0 Å². The Kier molecular flexibility index (Phi) is 5.76. The second-order valence-corrected chi connectivity index (χ2v) is 11.2. The molecule has 2 saturated heterocycles. The molecular weight excluding hydrogens is 484 g/mol. The molecule has 0 saturated carbocycles. The molecule has 37 heavy (non-hydrogen) atoms. The predicted octanol–water partition coefficient (Wildman–Crippen LogP) is 2.87. The van der Waals surface area contributed by atoms with E-state index in [0.717, 1.165) is 35.0 Å². The van der Waals surface area contributed by atoms with E-state index in [2.05, 4.69) is 17.0 Å². The van der Waals surface area contributed by atoms with Gasteiger partial charge in [0.15, 0.2) is 5.11 Å². The summed E-state index contributed by atoms with van der Waals surface area (Å²) in [5.74, 6) is -0.00519. The molecule has 1 aromatic heterocycles. The first kappa shape index (κ1) is 24.0. The van der Waals surface area contributed by atoms with Gasteiger partial charge in [-0.25, -0.2) is 0 Å². The molecule has 3 aliphatic rings. The van der Waals surface area contributed by atoms with Gasteiger partial charge in [-0.05, 0) is 53.4 Å². The largest absolute Gasteiger partial charge is 0.312 e. The van der Waals surface area contributed by atoms with E-state index < -0.39 is 5.41 Å². The Bertz CT molecular complexity index is 1470. The molecule has 2 bridgehead atoms. The average Bonchev–Trinajstić information content (AvgIpc) is 2.90. The number of benzene rings is 2. The number of carbonyl (C=O) groups excluding carboxylic acids is 2. The van der Waals surface area contributed by atoms with Gasteiger partial charge >= 0.3 is 0 Å². The van der Waals surface area contributed by atoms with Crippen LogP contribution in [0.15, 0.2) is 65.5 Å². The summed E-state index contributed by atoms with van der Waals surface area (Å²) in [5.41, 5.74) is 0.775. The molecule has 2 amide bonds. The monoisotopic (exact) mass is 514 g/mol. The number of rotatable bonds is 4. The SMILES string of the molecule is CN1C(=O)C(Cc2cccc3ccccc23)(CN2CC3CC(C2)c2cccc(=O)n2C3)C(=O)N(C)C1=S. The van der Waals surface area contributed by atoms with Gasteiger partial charge in [0.25, 0.3) is 5.56 Å². The van der Waals surface area contributed by atoms with Crippen LogP contribution in [0.25, 0.3) is 10.8 Å². The van der Waals surface area contributed by atoms with Gasteiger partial charge in [-0.15, -0.1) is 0 Å². The molecule has 6 rings (SSSR count). The summed E-state index contributed by atoms with van der Waals surface area (Å²) in [6, 6.07) is 19.6. The number of likely N-dealkylation sites (tertiary alicyclic amines) is 1. The van der Waals surface area contributed by atoms with Crippen LogP contribution in [0.4, 0.5) is 0 Å². The third-order valence-corrected chi connectivity index (χ3v) is 8.97. The quantitative estimate of drug-likeness (QED) is 0.396. The van der Waals surface area contributed by atoms with Crippen LogP contribution in [-0.4, -0.2) is 69.9 Å². The van der Waals surface area contributed by atoms with Crippen LogP contribution in [0.1, 0.15) is 23.6 Å². The molecule has 0 aliphatic carbocycles. The Morgan fingerprint density at radius 1 is 0.865 bits per heavy atom. The van der Waals surface area contributed by atoms with Crippen molar-refractivity contribution in [3.05, 3.63) is 82.3 Å². The fourth-order valence-corrected chi connectivity index (χ4v) is 6.92. The Hall–Kier alpha value is -3.36. The van der Waals surface area contributed by atoms with Crippen molar-refractivity contribution >= 4 is 39.9 Å². The first-order valence-corrected chi connectivity index (χ1v) is 13.2. The minimum Gasteiger partial charge on any atom is -0.312 e. The summed E-state index contributed by atoms with van der Waals surface area (Å²) in [5, 5.41) is 2.36. The van der Waals surface area contributed by atoms with Crippen LogP contribution in [0, 0.1) is 11.3 Å². The molecule has 0 N–H and O–H groups in total. The number of amides is 2. The van der Waals surface area contributed by atoms with Crippen molar-refractivity contribution in [1.29, 1.82) is 0 Å². The summed E-state index contributed by atoms with van der Waals surface area (Å²) >= 11 is 5.44. The third kappa shape index (κ3) is 3.81. The van der Waals surface area contributed by atoms with Crippen molar-refractivity contribution in [2.75, 3.05) is 33.7 Å². The summed E-state index contributed by atoms with van der Waals surface area (Å²) in [6.45, 7) is 2.43. The standard InChI is InChI=1S/C29H30N4O3S/c1-30-26(35)29(27(36)31(2)28(30)37,14-21-9-5-8-20-7-3-4-10-23(20)21)18-32-15-19-13-22(17-32)24-11-6-12-25(34)33(24)16-19/h3-12,19,22H,13-18H2,1-2H3. The maximum absolute atomic E-state index is 14.0. The first-order chi connectivity index (χ1) is 17.8. The van der Waals surface area contributed by atoms with Crippen molar-refractivity contribution < 1.29 is 9.59 Å². The lowest BCUT2D eigenvalue weighted by atomic mass is 9.74. The highest BCUT2D eigenvalue weighted by Crippen LogP contribution is 2.40. The van der Waals surface area contributed by atoms with Crippen LogP contribution >= 0.6 is 12.2 Å². The molecule has 0 radical (unpaired) electrons. The van der Waals surface area contributed by atoms with Gasteiger partial charge in [-0.3, -0.25) is 24.2 Å². The topological polar surface area (TPSA) is 65.9 Å². The maximum Gasteiger partial charge on any atom is 0.250 e. The Morgan fingerprint density at radius 2 is 1.57 bits per heavy atom. The third-order valence-electron chi connectivity index (χ3n) is 8.42. The Morgan fingerprint density at radius 3 is 2.35 bits per heavy atom. The van der Waals surface area contributed by atoms with E-state index in [-0.39, 0.29) is 28.4 Å². The number of carbonyl (C=O) groups is 2. The molecule has 2 fully saturated rings. The normalized spacial score (nSPS) is 23.5. The molecule has 2 atom stereocenters. The minimum atomic E-state index is -1.29. The smallest absolute Gasteiger partial charge is 0.250 e. The van der Waals surface area contributed by atoms with Crippen LogP contribution in [0.5, 0.6) is 0 Å². The highest BCUT2D eigenvalue weighted by atomic mass is 32.1. The lowest BCUT2D eigenvalue weighted by molar-refractivity contribution is -0.157. The number of fused-ring (bicyclic) bond motifs is 5. The lowest BCUT2D eigenvalue weighted by Gasteiger charge is -2.48. The Balaban J connectivity index is 1.40. The van der Waals surface area contributed by atoms with Gasteiger partial charge in [0, 0.05) is 58.0 Å². The van der Waals surface area contributed by atoms with Crippen molar-refractivity contribution in [3.63, 3.8) is 0 Å². The molecule has 3 aliphatic heterocycles. The van der Waals surface area contributed by atoms with E-state index in [9.17, 15) is 14.4 Å². The minimum absolute atomic E-state index is 0.0440. The molecule has 3 aromatic rings. The van der Waals surface area contributed by atoms with E-state index >= 15 is 0 Å². The number of aromatic nitrogens is 1. The average molecular weight is 515 g/mol. The summed E-state index contributed by atoms with van der Waals surface area (Å²) < 4.78 is 1.90. The highest BCUT2D eigenvalue weighted by Gasteiger charge is 2.55. The molecule has 7 nitrogen and oxygen atoms in total. The molecule has 2 unspecified atom stereocenters. The molecular formula is C29H30N4O3S. The van der Waals surface area contributed by atoms with Crippen LogP contribution in [0.3, 0.4) is 0 Å². The van der Waals surface area contributed by atoms with E-state index in [1.165, 1.54) is 9.80 Å². The van der Waals surface area contributed by atoms with Gasteiger partial charge in [0.05, 0.1) is 0 Å². The predicted molar refractivity (Wildman–Crippen MR) is 146 cm³/mol. The second kappa shape index (κ2) is 8.89. The van der Waals surface area contributed by atoms with Crippen molar-refractivity contribution in [3.8, 4) is 0 Å². The number of thiocarbonyl (C=S) groups is 1. The molecule has 2 aromatic carbocycles. The highest BCUT2D eigenvalue weighted by molar-refractivity contribution is 7.80. The van der Waals surface area contributed by atoms with Crippen LogP contribution < -0.4 is 5.56 Å². The molecule has 8 heteroatoms. The van der Waals surface area contributed by atoms with E-state index in [1.54, 1.807) is 20.2 Å². The number of pyridine rings is 1. The molecule has 0 spiro atoms. The maximum atomic E-state index is 14.0. The fraction of sp³-hybridized carbons (Fsp3) is 0.379. The van der Waals surface area contributed by atoms with E-state index in [4.69, 9.17) is 12.2 Å². The molecule has 4 heterocycles. The van der Waals surface area contributed by atoms with Gasteiger partial charge in [-0.1, -0.05) is 48.5 Å². The zero-order valence-corrected chi connectivity index (χ0v) is 21.9. The number of hydrogen-bond donors (Lipinski definition) is 0. The first-order valence-electron chi connectivity index (χ1n) is 12.8. The van der Waals surface area contributed by atoms with E-state index in [0.29, 0.717) is 32.0 Å². The zero-order chi connectivity index (χ0) is 25.9. The number of hydrogen-bond acceptors (Lipinski definition) is 5. The summed E-state index contributed by atoms with van der Waals surface area (Å²) in [4.78, 5) is 45.7. The fourth-order valence-electron chi connectivity index (χ4n) is 6.75. The molecule has 190 valence electrons. The van der Waals surface area contributed by atoms with Crippen LogP contribution in [-0.2, 0) is 22.6 Å². The number of piperidine rings is 1. The second-order valence-electron chi connectivity index (χ2n) is 10.8. The van der Waals surface area contributed by atoms with Gasteiger partial charge in [0.2, 0.25) is 11.8 Å².